The normalized spacial score (nSPS) is 33.1. The van der Waals surface area contributed by atoms with Crippen LogP contribution in [-0.2, 0) is 0 Å². The quantitative estimate of drug-likeness (QED) is 0.470. The third-order valence-electron chi connectivity index (χ3n) is 5.54. The van der Waals surface area contributed by atoms with Gasteiger partial charge in [0.25, 0.3) is 0 Å². The second-order valence-corrected chi connectivity index (χ2v) is 7.00. The highest BCUT2D eigenvalue weighted by molar-refractivity contribution is 6.59. The molecular weight excluding hydrogens is 215 g/mol. The first-order valence-electron chi connectivity index (χ1n) is 8.16. The predicted molar refractivity (Wildman–Crippen MR) is 81.2 cm³/mol. The van der Waals surface area contributed by atoms with Gasteiger partial charge >= 0.3 is 0 Å². The van der Waals surface area contributed by atoms with Gasteiger partial charge in [0.2, 0.25) is 0 Å². The van der Waals surface area contributed by atoms with Crippen LogP contribution in [0.15, 0.2) is 24.3 Å². The Hall–Kier alpha value is -0.455. The van der Waals surface area contributed by atoms with Crippen molar-refractivity contribution in [3.63, 3.8) is 0 Å². The highest BCUT2D eigenvalue weighted by Crippen LogP contribution is 2.44. The maximum atomic E-state index is 3.92. The molecule has 1 heterocycles. The van der Waals surface area contributed by atoms with Gasteiger partial charge in [-0.2, -0.15) is 0 Å². The topological polar surface area (TPSA) is 0 Å². The summed E-state index contributed by atoms with van der Waals surface area (Å²) in [7, 11) is 0. The second kappa shape index (κ2) is 5.67. The Morgan fingerprint density at radius 3 is 2.78 bits per heavy atom. The third-order valence-corrected chi connectivity index (χ3v) is 5.54. The fourth-order valence-electron chi connectivity index (χ4n) is 4.83. The average Bonchev–Trinajstić information content (AvgIpc) is 2.39. The van der Waals surface area contributed by atoms with Gasteiger partial charge in [0, 0.05) is 0 Å². The van der Waals surface area contributed by atoms with E-state index in [9.17, 15) is 0 Å². The summed E-state index contributed by atoms with van der Waals surface area (Å²) >= 11 is 0. The summed E-state index contributed by atoms with van der Waals surface area (Å²) < 4.78 is 0. The number of hydrogen-bond donors (Lipinski definition) is 0. The van der Waals surface area contributed by atoms with Crippen LogP contribution in [0.5, 0.6) is 0 Å². The predicted octanol–water partition coefficient (Wildman–Crippen LogP) is 5.21. The van der Waals surface area contributed by atoms with Crippen molar-refractivity contribution in [2.24, 2.45) is 17.8 Å². The lowest BCUT2D eigenvalue weighted by atomic mass is 9.35. The van der Waals surface area contributed by atoms with Gasteiger partial charge in [-0.1, -0.05) is 55.9 Å². The summed E-state index contributed by atoms with van der Waals surface area (Å²) in [5.41, 5.74) is 1.87. The summed E-state index contributed by atoms with van der Waals surface area (Å²) in [6, 6.07) is 0. The molecule has 2 fully saturated rings. The molecule has 0 N–H and O–H groups in total. The molecule has 18 heavy (non-hydrogen) atoms. The lowest BCUT2D eigenvalue weighted by Gasteiger charge is -2.39. The molecular formula is C17H27B. The molecule has 2 atom stereocenters. The largest absolute Gasteiger partial charge is 0.144 e. The smallest absolute Gasteiger partial charge is 0.104 e. The van der Waals surface area contributed by atoms with Crippen LogP contribution in [0, 0.1) is 17.8 Å². The monoisotopic (exact) mass is 242 g/mol. The van der Waals surface area contributed by atoms with Crippen molar-refractivity contribution in [1.82, 2.24) is 0 Å². The Labute approximate surface area is 113 Å². The van der Waals surface area contributed by atoms with E-state index in [1.165, 1.54) is 63.9 Å². The average molecular weight is 242 g/mol. The summed E-state index contributed by atoms with van der Waals surface area (Å²) in [6.45, 7) is 4.86. The minimum absolute atomic E-state index is 0.916. The van der Waals surface area contributed by atoms with Gasteiger partial charge < -0.3 is 0 Å². The van der Waals surface area contributed by atoms with E-state index in [2.05, 4.69) is 18.7 Å². The Kier molecular flexibility index (Phi) is 3.96. The summed E-state index contributed by atoms with van der Waals surface area (Å²) in [5.74, 6) is 2.90. The molecule has 98 valence electrons. The molecule has 0 aromatic heterocycles. The third kappa shape index (κ3) is 2.76. The SMILES string of the molecule is C=CCB1CC2C=C(C3CCCCC3)CC(C1)C2. The number of fused-ring (bicyclic) bond motifs is 2. The van der Waals surface area contributed by atoms with E-state index in [0.29, 0.717) is 0 Å². The minimum Gasteiger partial charge on any atom is -0.104 e. The molecule has 2 aliphatic carbocycles. The minimum atomic E-state index is 0.916. The van der Waals surface area contributed by atoms with Crippen molar-refractivity contribution < 1.29 is 0 Å². The zero-order valence-corrected chi connectivity index (χ0v) is 11.7. The molecule has 0 nitrogen and oxygen atoms in total. The molecule has 3 aliphatic rings. The fourth-order valence-corrected chi connectivity index (χ4v) is 4.83. The standard InChI is InChI=1S/C17H27B/c1-2-8-18-12-14-9-15(13-18)11-17(10-14)16-6-4-3-5-7-16/h2,10,14-16H,1,3-9,11-13H2. The zero-order chi connectivity index (χ0) is 12.4. The summed E-state index contributed by atoms with van der Waals surface area (Å²) in [6.07, 6.45) is 19.4. The lowest BCUT2D eigenvalue weighted by molar-refractivity contribution is 0.340. The molecule has 3 rings (SSSR count). The first-order chi connectivity index (χ1) is 8.85. The molecule has 0 radical (unpaired) electrons. The lowest BCUT2D eigenvalue weighted by Crippen LogP contribution is -2.31. The molecule has 0 aromatic carbocycles. The highest BCUT2D eigenvalue weighted by atomic mass is 14.3. The van der Waals surface area contributed by atoms with Crippen LogP contribution in [0.1, 0.15) is 44.9 Å². The Morgan fingerprint density at radius 1 is 1.22 bits per heavy atom. The molecule has 1 heteroatoms. The van der Waals surface area contributed by atoms with Crippen LogP contribution in [0.4, 0.5) is 0 Å². The van der Waals surface area contributed by atoms with Crippen LogP contribution in [0.3, 0.4) is 0 Å². The van der Waals surface area contributed by atoms with E-state index in [-0.39, 0.29) is 0 Å². The van der Waals surface area contributed by atoms with Crippen LogP contribution in [0.2, 0.25) is 19.0 Å². The number of rotatable bonds is 3. The van der Waals surface area contributed by atoms with E-state index < -0.39 is 0 Å². The Bertz CT molecular complexity index is 325. The molecule has 0 spiro atoms. The molecule has 1 saturated carbocycles. The van der Waals surface area contributed by atoms with Crippen LogP contribution >= 0.6 is 0 Å². The number of hydrogen-bond acceptors (Lipinski definition) is 0. The van der Waals surface area contributed by atoms with Gasteiger partial charge in [-0.05, 0) is 43.4 Å². The van der Waals surface area contributed by atoms with E-state index in [0.717, 1.165) is 24.5 Å². The molecule has 1 saturated heterocycles. The molecule has 1 aliphatic heterocycles. The first kappa shape index (κ1) is 12.6. The van der Waals surface area contributed by atoms with Crippen molar-refractivity contribution in [1.29, 1.82) is 0 Å². The zero-order valence-electron chi connectivity index (χ0n) is 11.7. The van der Waals surface area contributed by atoms with E-state index >= 15 is 0 Å². The van der Waals surface area contributed by atoms with Gasteiger partial charge in [-0.15, -0.1) is 6.58 Å². The van der Waals surface area contributed by atoms with Crippen molar-refractivity contribution >= 4 is 6.71 Å². The van der Waals surface area contributed by atoms with Gasteiger partial charge in [0.15, 0.2) is 0 Å². The van der Waals surface area contributed by atoms with Gasteiger partial charge in [0.1, 0.15) is 6.71 Å². The summed E-state index contributed by atoms with van der Waals surface area (Å²) in [5, 5.41) is 0. The van der Waals surface area contributed by atoms with E-state index in [1.807, 2.05) is 5.57 Å². The summed E-state index contributed by atoms with van der Waals surface area (Å²) in [4.78, 5) is 0. The van der Waals surface area contributed by atoms with Crippen molar-refractivity contribution in [3.05, 3.63) is 24.3 Å². The van der Waals surface area contributed by atoms with Crippen molar-refractivity contribution in [2.75, 3.05) is 0 Å². The van der Waals surface area contributed by atoms with E-state index in [4.69, 9.17) is 0 Å². The Morgan fingerprint density at radius 2 is 2.06 bits per heavy atom. The van der Waals surface area contributed by atoms with Crippen LogP contribution in [0.25, 0.3) is 0 Å². The first-order valence-corrected chi connectivity index (χ1v) is 8.16. The van der Waals surface area contributed by atoms with Crippen molar-refractivity contribution in [3.8, 4) is 0 Å². The number of allylic oxidation sites excluding steroid dienone is 3. The molecule has 2 unspecified atom stereocenters. The second-order valence-electron chi connectivity index (χ2n) is 7.00. The van der Waals surface area contributed by atoms with Gasteiger partial charge in [-0.25, -0.2) is 0 Å². The van der Waals surface area contributed by atoms with Gasteiger partial charge in [-0.3, -0.25) is 0 Å². The van der Waals surface area contributed by atoms with Crippen LogP contribution < -0.4 is 0 Å². The molecule has 0 amide bonds. The highest BCUT2D eigenvalue weighted by Gasteiger charge is 2.34. The fraction of sp³-hybridized carbons (Fsp3) is 0.765. The van der Waals surface area contributed by atoms with Gasteiger partial charge in [0.05, 0.1) is 0 Å². The maximum absolute atomic E-state index is 3.92. The molecule has 0 aromatic rings. The molecule has 2 bridgehead atoms. The Balaban J connectivity index is 1.66. The van der Waals surface area contributed by atoms with Crippen molar-refractivity contribution in [2.45, 2.75) is 63.9 Å². The maximum Gasteiger partial charge on any atom is 0.144 e. The van der Waals surface area contributed by atoms with E-state index in [1.54, 1.807) is 0 Å². The van der Waals surface area contributed by atoms with Crippen LogP contribution in [-0.4, -0.2) is 6.71 Å².